The minimum absolute atomic E-state index is 0.179. The van der Waals surface area contributed by atoms with Gasteiger partial charge in [-0.05, 0) is 32.7 Å². The van der Waals surface area contributed by atoms with Crippen LogP contribution in [-0.4, -0.2) is 52.4 Å². The van der Waals surface area contributed by atoms with E-state index in [4.69, 9.17) is 0 Å². The van der Waals surface area contributed by atoms with E-state index in [9.17, 15) is 4.79 Å². The fourth-order valence-electron chi connectivity index (χ4n) is 3.23. The van der Waals surface area contributed by atoms with Crippen LogP contribution in [0.2, 0.25) is 0 Å². The van der Waals surface area contributed by atoms with Crippen molar-refractivity contribution in [3.8, 4) is 0 Å². The van der Waals surface area contributed by atoms with E-state index in [1.807, 2.05) is 11.1 Å². The highest BCUT2D eigenvalue weighted by Gasteiger charge is 2.30. The molecule has 1 unspecified atom stereocenters. The van der Waals surface area contributed by atoms with Gasteiger partial charge in [-0.1, -0.05) is 11.6 Å². The molecule has 2 heterocycles. The SMILES string of the molecule is CN1CCN(C(=O)CC2=CCCCC2)CC1c1ncc[nH]1. The average Bonchev–Trinajstić information content (AvgIpc) is 3.03. The van der Waals surface area contributed by atoms with E-state index in [0.29, 0.717) is 6.42 Å². The third-order valence-electron chi connectivity index (χ3n) is 4.60. The Morgan fingerprint density at radius 3 is 3.05 bits per heavy atom. The molecule has 1 aromatic rings. The van der Waals surface area contributed by atoms with Gasteiger partial charge in [-0.3, -0.25) is 9.69 Å². The summed E-state index contributed by atoms with van der Waals surface area (Å²) in [6.45, 7) is 2.45. The average molecular weight is 288 g/mol. The van der Waals surface area contributed by atoms with Gasteiger partial charge in [0, 0.05) is 38.4 Å². The van der Waals surface area contributed by atoms with Crippen molar-refractivity contribution in [1.82, 2.24) is 19.8 Å². The standard InChI is InChI=1S/C16H24N4O/c1-19-9-10-20(12-14(19)16-17-7-8-18-16)15(21)11-13-5-3-2-4-6-13/h5,7-8,14H,2-4,6,9-12H2,1H3,(H,17,18). The summed E-state index contributed by atoms with van der Waals surface area (Å²) in [4.78, 5) is 24.3. The molecule has 1 aromatic heterocycles. The molecule has 0 bridgehead atoms. The van der Waals surface area contributed by atoms with Crippen LogP contribution in [0.15, 0.2) is 24.0 Å². The molecule has 0 aromatic carbocycles. The Bertz CT molecular complexity index is 508. The highest BCUT2D eigenvalue weighted by Crippen LogP contribution is 2.24. The molecule has 1 atom stereocenters. The summed E-state index contributed by atoms with van der Waals surface area (Å²) in [5, 5.41) is 0. The summed E-state index contributed by atoms with van der Waals surface area (Å²) in [6, 6.07) is 0.179. The Labute approximate surface area is 126 Å². The third-order valence-corrected chi connectivity index (χ3v) is 4.60. The summed E-state index contributed by atoms with van der Waals surface area (Å²) in [5.74, 6) is 1.22. The first-order chi connectivity index (χ1) is 10.2. The van der Waals surface area contributed by atoms with Crippen LogP contribution in [0.3, 0.4) is 0 Å². The second kappa shape index (κ2) is 6.43. The van der Waals surface area contributed by atoms with Crippen LogP contribution in [0.4, 0.5) is 0 Å². The summed E-state index contributed by atoms with van der Waals surface area (Å²) < 4.78 is 0. The number of carbonyl (C=O) groups excluding carboxylic acids is 1. The minimum atomic E-state index is 0.179. The Balaban J connectivity index is 1.63. The maximum atomic E-state index is 12.5. The van der Waals surface area contributed by atoms with Gasteiger partial charge in [-0.2, -0.15) is 0 Å². The summed E-state index contributed by atoms with van der Waals surface area (Å²) in [5.41, 5.74) is 1.33. The second-order valence-corrected chi connectivity index (χ2v) is 6.10. The third kappa shape index (κ3) is 3.35. The van der Waals surface area contributed by atoms with E-state index in [2.05, 4.69) is 28.0 Å². The predicted octanol–water partition coefficient (Wildman–Crippen LogP) is 2.12. The van der Waals surface area contributed by atoms with Crippen LogP contribution >= 0.6 is 0 Å². The number of allylic oxidation sites excluding steroid dienone is 1. The Kier molecular flexibility index (Phi) is 4.39. The number of piperazine rings is 1. The van der Waals surface area contributed by atoms with Crippen LogP contribution in [0.25, 0.3) is 0 Å². The van der Waals surface area contributed by atoms with Crippen LogP contribution in [-0.2, 0) is 4.79 Å². The van der Waals surface area contributed by atoms with Crippen molar-refractivity contribution in [2.24, 2.45) is 0 Å². The molecule has 5 nitrogen and oxygen atoms in total. The van der Waals surface area contributed by atoms with Gasteiger partial charge < -0.3 is 9.88 Å². The fourth-order valence-corrected chi connectivity index (χ4v) is 3.23. The van der Waals surface area contributed by atoms with Crippen molar-refractivity contribution < 1.29 is 4.79 Å². The van der Waals surface area contributed by atoms with Gasteiger partial charge in [0.2, 0.25) is 5.91 Å². The number of nitrogens with one attached hydrogen (secondary N) is 1. The largest absolute Gasteiger partial charge is 0.347 e. The Morgan fingerprint density at radius 1 is 1.43 bits per heavy atom. The first kappa shape index (κ1) is 14.3. The predicted molar refractivity (Wildman–Crippen MR) is 81.7 cm³/mol. The van der Waals surface area contributed by atoms with E-state index in [1.54, 1.807) is 6.20 Å². The molecular weight excluding hydrogens is 264 g/mol. The van der Waals surface area contributed by atoms with Crippen molar-refractivity contribution >= 4 is 5.91 Å². The zero-order valence-corrected chi connectivity index (χ0v) is 12.7. The number of likely N-dealkylation sites (N-methyl/N-ethyl adjacent to an activating group) is 1. The lowest BCUT2D eigenvalue weighted by atomic mass is 9.96. The lowest BCUT2D eigenvalue weighted by Crippen LogP contribution is -2.49. The lowest BCUT2D eigenvalue weighted by molar-refractivity contribution is -0.133. The number of imidazole rings is 1. The molecule has 0 spiro atoms. The first-order valence-electron chi connectivity index (χ1n) is 7.89. The molecule has 1 saturated heterocycles. The number of aromatic nitrogens is 2. The van der Waals surface area contributed by atoms with Gasteiger partial charge in [0.25, 0.3) is 0 Å². The van der Waals surface area contributed by atoms with Crippen LogP contribution in [0, 0.1) is 0 Å². The number of carbonyl (C=O) groups is 1. The van der Waals surface area contributed by atoms with Crippen molar-refractivity contribution in [2.45, 2.75) is 38.1 Å². The number of aromatic amines is 1. The Hall–Kier alpha value is -1.62. The highest BCUT2D eigenvalue weighted by atomic mass is 16.2. The molecule has 114 valence electrons. The van der Waals surface area contributed by atoms with Gasteiger partial charge in [-0.15, -0.1) is 0 Å². The molecule has 3 rings (SSSR count). The van der Waals surface area contributed by atoms with Gasteiger partial charge in [0.05, 0.1) is 6.04 Å². The number of amides is 1. The van der Waals surface area contributed by atoms with E-state index >= 15 is 0 Å². The maximum Gasteiger partial charge on any atom is 0.226 e. The molecular formula is C16H24N4O. The molecule has 0 radical (unpaired) electrons. The van der Waals surface area contributed by atoms with E-state index in [-0.39, 0.29) is 11.9 Å². The van der Waals surface area contributed by atoms with Crippen LogP contribution < -0.4 is 0 Å². The second-order valence-electron chi connectivity index (χ2n) is 6.10. The molecule has 1 N–H and O–H groups in total. The molecule has 5 heteroatoms. The first-order valence-corrected chi connectivity index (χ1v) is 7.89. The zero-order chi connectivity index (χ0) is 14.7. The number of rotatable bonds is 3. The van der Waals surface area contributed by atoms with E-state index < -0.39 is 0 Å². The zero-order valence-electron chi connectivity index (χ0n) is 12.7. The van der Waals surface area contributed by atoms with Crippen molar-refractivity contribution in [2.75, 3.05) is 26.7 Å². The van der Waals surface area contributed by atoms with Crippen molar-refractivity contribution in [3.05, 3.63) is 29.9 Å². The van der Waals surface area contributed by atoms with Gasteiger partial charge in [0.15, 0.2) is 0 Å². The van der Waals surface area contributed by atoms with Crippen molar-refractivity contribution in [3.63, 3.8) is 0 Å². The molecule has 21 heavy (non-hydrogen) atoms. The van der Waals surface area contributed by atoms with Gasteiger partial charge in [0.1, 0.15) is 5.82 Å². The molecule has 1 amide bonds. The minimum Gasteiger partial charge on any atom is -0.347 e. The molecule has 0 saturated carbocycles. The number of nitrogens with zero attached hydrogens (tertiary/aromatic N) is 3. The molecule has 1 aliphatic carbocycles. The monoisotopic (exact) mass is 288 g/mol. The number of H-pyrrole nitrogens is 1. The number of hydrogen-bond acceptors (Lipinski definition) is 3. The lowest BCUT2D eigenvalue weighted by Gasteiger charge is -2.38. The van der Waals surface area contributed by atoms with E-state index in [0.717, 1.165) is 38.3 Å². The van der Waals surface area contributed by atoms with Gasteiger partial charge in [-0.25, -0.2) is 4.98 Å². The summed E-state index contributed by atoms with van der Waals surface area (Å²) >= 11 is 0. The maximum absolute atomic E-state index is 12.5. The smallest absolute Gasteiger partial charge is 0.226 e. The van der Waals surface area contributed by atoms with Crippen LogP contribution in [0.1, 0.15) is 44.0 Å². The summed E-state index contributed by atoms with van der Waals surface area (Å²) in [7, 11) is 2.10. The fraction of sp³-hybridized carbons (Fsp3) is 0.625. The quantitative estimate of drug-likeness (QED) is 0.867. The molecule has 1 fully saturated rings. The normalized spacial score (nSPS) is 24.0. The number of hydrogen-bond donors (Lipinski definition) is 1. The molecule has 1 aliphatic heterocycles. The summed E-state index contributed by atoms with van der Waals surface area (Å²) in [6.07, 6.45) is 11.2. The Morgan fingerprint density at radius 2 is 2.33 bits per heavy atom. The highest BCUT2D eigenvalue weighted by molar-refractivity contribution is 5.79. The topological polar surface area (TPSA) is 52.2 Å². The van der Waals surface area contributed by atoms with Crippen LogP contribution in [0.5, 0.6) is 0 Å². The molecule has 2 aliphatic rings. The van der Waals surface area contributed by atoms with Crippen molar-refractivity contribution in [1.29, 1.82) is 0 Å². The van der Waals surface area contributed by atoms with Gasteiger partial charge >= 0.3 is 0 Å². The van der Waals surface area contributed by atoms with E-state index in [1.165, 1.54) is 18.4 Å².